The van der Waals surface area contributed by atoms with Crippen molar-refractivity contribution in [2.75, 3.05) is 12.4 Å². The largest absolute Gasteiger partial charge is 0.465 e. The van der Waals surface area contributed by atoms with Crippen LogP contribution in [0.15, 0.2) is 30.3 Å². The summed E-state index contributed by atoms with van der Waals surface area (Å²) in [6.07, 6.45) is 6.87. The van der Waals surface area contributed by atoms with Crippen LogP contribution >= 0.6 is 0 Å². The first-order chi connectivity index (χ1) is 13.1. The summed E-state index contributed by atoms with van der Waals surface area (Å²) < 4.78 is 18.6. The molecule has 0 saturated heterocycles. The highest BCUT2D eigenvalue weighted by molar-refractivity contribution is 6.05. The number of aryl methyl sites for hydroxylation is 2. The topological polar surface area (TPSA) is 55.4 Å². The zero-order valence-corrected chi connectivity index (χ0v) is 15.3. The van der Waals surface area contributed by atoms with E-state index in [0.29, 0.717) is 17.2 Å². The Morgan fingerprint density at radius 2 is 1.74 bits per heavy atom. The molecule has 0 unspecified atom stereocenters. The maximum absolute atomic E-state index is 14.1. The van der Waals surface area contributed by atoms with E-state index in [0.717, 1.165) is 18.9 Å². The molecule has 1 N–H and O–H groups in total. The summed E-state index contributed by atoms with van der Waals surface area (Å²) in [4.78, 5) is 24.2. The van der Waals surface area contributed by atoms with E-state index in [1.165, 1.54) is 61.6 Å². The van der Waals surface area contributed by atoms with E-state index >= 15 is 0 Å². The third-order valence-corrected chi connectivity index (χ3v) is 5.65. The number of esters is 1. The van der Waals surface area contributed by atoms with Crippen molar-refractivity contribution in [3.8, 4) is 0 Å². The number of methoxy groups -OCH3 is 1. The van der Waals surface area contributed by atoms with E-state index in [-0.39, 0.29) is 11.5 Å². The average molecular weight is 367 g/mol. The Labute approximate surface area is 157 Å². The lowest BCUT2D eigenvalue weighted by atomic mass is 9.73. The van der Waals surface area contributed by atoms with Crippen LogP contribution in [0.2, 0.25) is 0 Å². The molecule has 0 aromatic heterocycles. The molecule has 2 aliphatic carbocycles. The smallest absolute Gasteiger partial charge is 0.340 e. The fourth-order valence-corrected chi connectivity index (χ4v) is 4.43. The van der Waals surface area contributed by atoms with Crippen molar-refractivity contribution in [3.05, 3.63) is 64.0 Å². The number of amides is 1. The highest BCUT2D eigenvalue weighted by Crippen LogP contribution is 2.41. The predicted molar refractivity (Wildman–Crippen MR) is 101 cm³/mol. The number of benzene rings is 2. The van der Waals surface area contributed by atoms with E-state index < -0.39 is 11.8 Å². The zero-order valence-electron chi connectivity index (χ0n) is 15.3. The number of carbonyl (C=O) groups excluding carboxylic acids is 2. The second kappa shape index (κ2) is 7.14. The molecule has 0 spiro atoms. The SMILES string of the molecule is COC(=O)c1ccc(NC(=O)c2cc3c4c(c2)CCCC4CCC3)cc1F. The van der Waals surface area contributed by atoms with Crippen LogP contribution in [0.4, 0.5) is 10.1 Å². The Morgan fingerprint density at radius 3 is 2.33 bits per heavy atom. The number of carbonyl (C=O) groups is 2. The Bertz CT molecular complexity index is 891. The third-order valence-electron chi connectivity index (χ3n) is 5.65. The highest BCUT2D eigenvalue weighted by Gasteiger charge is 2.27. The average Bonchev–Trinajstić information content (AvgIpc) is 2.68. The summed E-state index contributed by atoms with van der Waals surface area (Å²) >= 11 is 0. The molecular formula is C22H22FNO3. The summed E-state index contributed by atoms with van der Waals surface area (Å²) in [6, 6.07) is 7.95. The fourth-order valence-electron chi connectivity index (χ4n) is 4.43. The van der Waals surface area contributed by atoms with Crippen LogP contribution in [0.5, 0.6) is 0 Å². The molecule has 1 amide bonds. The van der Waals surface area contributed by atoms with E-state index in [1.807, 2.05) is 12.1 Å². The lowest BCUT2D eigenvalue weighted by molar-refractivity contribution is 0.0595. The summed E-state index contributed by atoms with van der Waals surface area (Å²) in [7, 11) is 1.20. The zero-order chi connectivity index (χ0) is 19.0. The Morgan fingerprint density at radius 1 is 1.07 bits per heavy atom. The predicted octanol–water partition coefficient (Wildman–Crippen LogP) is 4.62. The second-order valence-corrected chi connectivity index (χ2v) is 7.33. The Kier molecular flexibility index (Phi) is 4.68. The number of halogens is 1. The second-order valence-electron chi connectivity index (χ2n) is 7.33. The van der Waals surface area contributed by atoms with Gasteiger partial charge in [-0.25, -0.2) is 9.18 Å². The molecule has 140 valence electrons. The molecule has 0 saturated carbocycles. The molecule has 5 heteroatoms. The van der Waals surface area contributed by atoms with Gasteiger partial charge in [-0.1, -0.05) is 0 Å². The quantitative estimate of drug-likeness (QED) is 0.806. The van der Waals surface area contributed by atoms with Gasteiger partial charge in [0.25, 0.3) is 5.91 Å². The van der Waals surface area contributed by atoms with Crippen molar-refractivity contribution in [2.45, 2.75) is 44.4 Å². The van der Waals surface area contributed by atoms with Gasteiger partial charge in [0, 0.05) is 11.3 Å². The van der Waals surface area contributed by atoms with Crippen molar-refractivity contribution in [1.29, 1.82) is 0 Å². The lowest BCUT2D eigenvalue weighted by Gasteiger charge is -2.32. The van der Waals surface area contributed by atoms with Crippen LogP contribution in [0.1, 0.15) is 69.0 Å². The van der Waals surface area contributed by atoms with E-state index in [1.54, 1.807) is 0 Å². The molecule has 0 bridgehead atoms. The number of hydrogen-bond acceptors (Lipinski definition) is 3. The van der Waals surface area contributed by atoms with E-state index in [9.17, 15) is 14.0 Å². The molecule has 4 rings (SSSR count). The number of hydrogen-bond donors (Lipinski definition) is 1. The lowest BCUT2D eigenvalue weighted by Crippen LogP contribution is -2.20. The van der Waals surface area contributed by atoms with Gasteiger partial charge in [0.1, 0.15) is 5.82 Å². The van der Waals surface area contributed by atoms with Gasteiger partial charge in [0.05, 0.1) is 12.7 Å². The molecule has 0 atom stereocenters. The van der Waals surface area contributed by atoms with Gasteiger partial charge in [0.15, 0.2) is 0 Å². The van der Waals surface area contributed by atoms with Gasteiger partial charge >= 0.3 is 5.97 Å². The maximum Gasteiger partial charge on any atom is 0.340 e. The van der Waals surface area contributed by atoms with Crippen molar-refractivity contribution < 1.29 is 18.7 Å². The summed E-state index contributed by atoms with van der Waals surface area (Å²) in [5.41, 5.74) is 4.83. The van der Waals surface area contributed by atoms with Crippen molar-refractivity contribution in [3.63, 3.8) is 0 Å². The van der Waals surface area contributed by atoms with Crippen LogP contribution in [0.25, 0.3) is 0 Å². The highest BCUT2D eigenvalue weighted by atomic mass is 19.1. The van der Waals surface area contributed by atoms with Crippen LogP contribution in [-0.2, 0) is 17.6 Å². The van der Waals surface area contributed by atoms with Gasteiger partial charge in [-0.2, -0.15) is 0 Å². The molecule has 0 radical (unpaired) electrons. The first-order valence-corrected chi connectivity index (χ1v) is 9.41. The minimum atomic E-state index is -0.742. The van der Waals surface area contributed by atoms with Crippen molar-refractivity contribution >= 4 is 17.6 Å². The van der Waals surface area contributed by atoms with Gasteiger partial charge in [0.2, 0.25) is 0 Å². The molecule has 2 aromatic carbocycles. The van der Waals surface area contributed by atoms with Gasteiger partial charge < -0.3 is 10.1 Å². The standard InChI is InChI=1S/C22H22FNO3/c1-27-22(26)18-9-8-17(12-19(18)23)24-21(25)16-10-14-6-2-4-13-5-3-7-15(11-16)20(13)14/h8-13H,2-7H2,1H3,(H,24,25). The van der Waals surface area contributed by atoms with Crippen LogP contribution in [-0.4, -0.2) is 19.0 Å². The van der Waals surface area contributed by atoms with Crippen LogP contribution in [0, 0.1) is 5.82 Å². The molecule has 2 aromatic rings. The molecule has 4 nitrogen and oxygen atoms in total. The Balaban J connectivity index is 1.59. The van der Waals surface area contributed by atoms with Gasteiger partial charge in [-0.15, -0.1) is 0 Å². The molecule has 0 heterocycles. The fraction of sp³-hybridized carbons (Fsp3) is 0.364. The molecule has 2 aliphatic rings. The molecule has 27 heavy (non-hydrogen) atoms. The summed E-state index contributed by atoms with van der Waals surface area (Å²) in [6.45, 7) is 0. The summed E-state index contributed by atoms with van der Waals surface area (Å²) in [5, 5.41) is 2.74. The number of ether oxygens (including phenoxy) is 1. The first-order valence-electron chi connectivity index (χ1n) is 9.41. The van der Waals surface area contributed by atoms with E-state index in [4.69, 9.17) is 0 Å². The normalized spacial score (nSPS) is 15.8. The third kappa shape index (κ3) is 3.34. The summed E-state index contributed by atoms with van der Waals surface area (Å²) in [5.74, 6) is -1.07. The molecule has 0 aliphatic heterocycles. The Hall–Kier alpha value is -2.69. The van der Waals surface area contributed by atoms with Crippen LogP contribution in [0.3, 0.4) is 0 Å². The number of rotatable bonds is 3. The first kappa shape index (κ1) is 17.7. The van der Waals surface area contributed by atoms with Gasteiger partial charge in [-0.05, 0) is 91.5 Å². The number of anilines is 1. The van der Waals surface area contributed by atoms with E-state index in [2.05, 4.69) is 10.1 Å². The maximum atomic E-state index is 14.1. The van der Waals surface area contributed by atoms with Gasteiger partial charge in [-0.3, -0.25) is 4.79 Å². The minimum Gasteiger partial charge on any atom is -0.465 e. The molecular weight excluding hydrogens is 345 g/mol. The van der Waals surface area contributed by atoms with Crippen molar-refractivity contribution in [1.82, 2.24) is 0 Å². The van der Waals surface area contributed by atoms with Crippen molar-refractivity contribution in [2.24, 2.45) is 0 Å². The monoisotopic (exact) mass is 367 g/mol. The minimum absolute atomic E-state index is 0.153. The number of nitrogens with one attached hydrogen (secondary N) is 1. The molecule has 0 fully saturated rings. The van der Waals surface area contributed by atoms with Crippen LogP contribution < -0.4 is 5.32 Å².